The van der Waals surface area contributed by atoms with Gasteiger partial charge in [-0.2, -0.15) is 0 Å². The smallest absolute Gasteiger partial charge is 0.327 e. The molecule has 2 N–H and O–H groups in total. The average molecular weight is 595 g/mol. The first-order chi connectivity index (χ1) is 20.7. The second-order valence-corrected chi connectivity index (χ2v) is 11.4. The van der Waals surface area contributed by atoms with E-state index in [1.54, 1.807) is 24.1 Å². The lowest BCUT2D eigenvalue weighted by Gasteiger charge is -2.47. The maximum Gasteiger partial charge on any atom is 0.327 e. The van der Waals surface area contributed by atoms with E-state index < -0.39 is 29.9 Å². The first kappa shape index (κ1) is 30.3. The topological polar surface area (TPSA) is 146 Å². The minimum Gasteiger partial charge on any atom is -0.497 e. The quantitative estimate of drug-likeness (QED) is 0.330. The number of hydrogen-bond donors (Lipinski definition) is 2. The van der Waals surface area contributed by atoms with E-state index in [9.17, 15) is 29.1 Å². The Morgan fingerprint density at radius 2 is 1.60 bits per heavy atom. The number of amides is 4. The van der Waals surface area contributed by atoms with E-state index in [1.807, 2.05) is 18.2 Å². The van der Waals surface area contributed by atoms with Crippen molar-refractivity contribution < 1.29 is 38.6 Å². The summed E-state index contributed by atoms with van der Waals surface area (Å²) in [5.74, 6) is -1.35. The number of likely N-dealkylation sites (tertiary alicyclic amines) is 1. The van der Waals surface area contributed by atoms with Crippen LogP contribution in [0, 0.1) is 11.8 Å². The average Bonchev–Trinajstić information content (AvgIpc) is 3.03. The summed E-state index contributed by atoms with van der Waals surface area (Å²) in [4.78, 5) is 68.0. The lowest BCUT2D eigenvalue weighted by atomic mass is 9.78. The maximum absolute atomic E-state index is 13.2. The molecule has 2 aromatic rings. The maximum atomic E-state index is 13.2. The van der Waals surface area contributed by atoms with Crippen LogP contribution < -0.4 is 14.8 Å². The molecule has 0 bridgehead atoms. The molecule has 0 spiro atoms. The summed E-state index contributed by atoms with van der Waals surface area (Å²) < 4.78 is 10.7. The molecule has 3 saturated heterocycles. The highest BCUT2D eigenvalue weighted by Crippen LogP contribution is 2.36. The molecule has 5 rings (SSSR count). The number of fused-ring (bicyclic) bond motifs is 1. The zero-order valence-electron chi connectivity index (χ0n) is 24.5. The van der Waals surface area contributed by atoms with Gasteiger partial charge in [0.15, 0.2) is 11.8 Å². The predicted molar refractivity (Wildman–Crippen MR) is 156 cm³/mol. The number of methoxy groups -OCH3 is 2. The number of ether oxygens (including phenoxy) is 2. The van der Waals surface area contributed by atoms with Crippen molar-refractivity contribution in [2.75, 3.05) is 53.5 Å². The molecule has 0 aliphatic carbocycles. The standard InChI is InChI=1S/C31H38N4O8/c1-42-22-4-3-20-17-23(26(43-2)18-21(20)16-22)25(36)5-6-27(37)33-11-13-34(14-12-33)31(41)35-28(30(39)40)24(29(35)38)15-19-7-9-32-10-8-19/h3-4,16-19,24,28,32H,5-15H2,1-2H3,(H,39,40)/t24-,28+/m1/s1. The normalized spacial score (nSPS) is 21.0. The number of Topliss-reactive ketones (excluding diaryl/α,β-unsaturated/α-hetero) is 1. The summed E-state index contributed by atoms with van der Waals surface area (Å²) in [5, 5.41) is 14.8. The Kier molecular flexibility index (Phi) is 9.14. The second kappa shape index (κ2) is 13.0. The van der Waals surface area contributed by atoms with Gasteiger partial charge in [-0.15, -0.1) is 0 Å². The van der Waals surface area contributed by atoms with E-state index in [4.69, 9.17) is 9.47 Å². The van der Waals surface area contributed by atoms with Gasteiger partial charge < -0.3 is 29.7 Å². The van der Waals surface area contributed by atoms with Gasteiger partial charge in [0.05, 0.1) is 25.7 Å². The largest absolute Gasteiger partial charge is 0.497 e. The molecule has 0 radical (unpaired) electrons. The Hall–Kier alpha value is -4.19. The summed E-state index contributed by atoms with van der Waals surface area (Å²) in [6.07, 6.45) is 2.24. The Morgan fingerprint density at radius 3 is 2.26 bits per heavy atom. The molecular weight excluding hydrogens is 556 g/mol. The number of benzene rings is 2. The Morgan fingerprint density at radius 1 is 0.907 bits per heavy atom. The van der Waals surface area contributed by atoms with Crippen LogP contribution in [0.25, 0.3) is 10.8 Å². The molecule has 2 aromatic carbocycles. The summed E-state index contributed by atoms with van der Waals surface area (Å²) in [7, 11) is 3.07. The Labute approximate surface area is 249 Å². The molecule has 0 saturated carbocycles. The van der Waals surface area contributed by atoms with Crippen molar-refractivity contribution in [3.63, 3.8) is 0 Å². The van der Waals surface area contributed by atoms with Crippen LogP contribution in [0.4, 0.5) is 4.79 Å². The number of carbonyl (C=O) groups is 5. The molecule has 3 heterocycles. The van der Waals surface area contributed by atoms with E-state index in [-0.39, 0.29) is 56.6 Å². The Bertz CT molecular complexity index is 1410. The van der Waals surface area contributed by atoms with Gasteiger partial charge in [0.1, 0.15) is 11.5 Å². The van der Waals surface area contributed by atoms with Crippen molar-refractivity contribution in [1.29, 1.82) is 0 Å². The third-order valence-electron chi connectivity index (χ3n) is 8.85. The second-order valence-electron chi connectivity index (χ2n) is 11.4. The number of aliphatic carboxylic acids is 1. The molecule has 43 heavy (non-hydrogen) atoms. The highest BCUT2D eigenvalue weighted by atomic mass is 16.5. The summed E-state index contributed by atoms with van der Waals surface area (Å²) in [6, 6.07) is 7.27. The van der Waals surface area contributed by atoms with Gasteiger partial charge in [0, 0.05) is 39.0 Å². The van der Waals surface area contributed by atoms with Crippen LogP contribution in [-0.2, 0) is 14.4 Å². The Balaban J connectivity index is 1.13. The number of rotatable bonds is 9. The van der Waals surface area contributed by atoms with Crippen LogP contribution >= 0.6 is 0 Å². The first-order valence-electron chi connectivity index (χ1n) is 14.7. The predicted octanol–water partition coefficient (Wildman–Crippen LogP) is 2.39. The van der Waals surface area contributed by atoms with Crippen molar-refractivity contribution >= 4 is 40.4 Å². The number of urea groups is 1. The van der Waals surface area contributed by atoms with Crippen LogP contribution in [0.3, 0.4) is 0 Å². The van der Waals surface area contributed by atoms with Gasteiger partial charge >= 0.3 is 12.0 Å². The van der Waals surface area contributed by atoms with E-state index in [2.05, 4.69) is 5.32 Å². The minimum atomic E-state index is -1.17. The fourth-order valence-electron chi connectivity index (χ4n) is 6.33. The number of ketones is 1. The van der Waals surface area contributed by atoms with E-state index >= 15 is 0 Å². The van der Waals surface area contributed by atoms with Crippen LogP contribution in [0.15, 0.2) is 30.3 Å². The van der Waals surface area contributed by atoms with Gasteiger partial charge in [-0.05, 0) is 73.3 Å². The molecule has 3 aliphatic heterocycles. The molecule has 12 nitrogen and oxygen atoms in total. The summed E-state index contributed by atoms with van der Waals surface area (Å²) in [5.41, 5.74) is 0.397. The van der Waals surface area contributed by atoms with Gasteiger partial charge in [0.2, 0.25) is 11.8 Å². The van der Waals surface area contributed by atoms with Gasteiger partial charge in [-0.1, -0.05) is 6.07 Å². The number of piperazine rings is 1. The number of hydrogen-bond acceptors (Lipinski definition) is 8. The molecule has 2 atom stereocenters. The summed E-state index contributed by atoms with van der Waals surface area (Å²) in [6.45, 7) is 2.51. The zero-order valence-corrected chi connectivity index (χ0v) is 24.5. The fourth-order valence-corrected chi connectivity index (χ4v) is 6.33. The molecular formula is C31H38N4O8. The van der Waals surface area contributed by atoms with E-state index in [1.165, 1.54) is 12.0 Å². The van der Waals surface area contributed by atoms with Crippen molar-refractivity contribution in [2.24, 2.45) is 11.8 Å². The minimum absolute atomic E-state index is 0.000644. The van der Waals surface area contributed by atoms with Crippen molar-refractivity contribution in [3.8, 4) is 11.5 Å². The molecule has 0 unspecified atom stereocenters. The number of carboxylic acid groups (broad SMARTS) is 1. The number of carboxylic acids is 1. The van der Waals surface area contributed by atoms with Gasteiger partial charge in [-0.3, -0.25) is 14.4 Å². The van der Waals surface area contributed by atoms with Gasteiger partial charge in [0.25, 0.3) is 0 Å². The third kappa shape index (κ3) is 6.29. The summed E-state index contributed by atoms with van der Waals surface area (Å²) >= 11 is 0. The molecule has 3 aliphatic rings. The molecule has 0 aromatic heterocycles. The lowest BCUT2D eigenvalue weighted by Crippen LogP contribution is -2.69. The van der Waals surface area contributed by atoms with E-state index in [0.29, 0.717) is 23.5 Å². The number of piperidine rings is 1. The molecule has 3 fully saturated rings. The highest BCUT2D eigenvalue weighted by molar-refractivity contribution is 6.07. The number of carbonyl (C=O) groups excluding carboxylic acids is 4. The van der Waals surface area contributed by atoms with Crippen LogP contribution in [0.2, 0.25) is 0 Å². The zero-order chi connectivity index (χ0) is 30.7. The van der Waals surface area contributed by atoms with Crippen LogP contribution in [0.5, 0.6) is 11.5 Å². The van der Waals surface area contributed by atoms with E-state index in [0.717, 1.165) is 41.6 Å². The molecule has 12 heteroatoms. The monoisotopic (exact) mass is 594 g/mol. The number of β-lactam (4-membered cyclic amide) rings is 1. The number of imide groups is 1. The van der Waals surface area contributed by atoms with Crippen LogP contribution in [-0.4, -0.2) is 109 Å². The highest BCUT2D eigenvalue weighted by Gasteiger charge is 2.56. The lowest BCUT2D eigenvalue weighted by molar-refractivity contribution is -0.167. The SMILES string of the molecule is COc1ccc2cc(C(=O)CCC(=O)N3CCN(C(=O)N4C(=O)[C@H](CC5CCNCC5)[C@H]4C(=O)O)CC3)c(OC)cc2c1. The fraction of sp³-hybridized carbons (Fsp3) is 0.516. The first-order valence-corrected chi connectivity index (χ1v) is 14.7. The van der Waals surface area contributed by atoms with Crippen LogP contribution in [0.1, 0.15) is 42.5 Å². The van der Waals surface area contributed by atoms with Crippen molar-refractivity contribution in [3.05, 3.63) is 35.9 Å². The number of nitrogens with one attached hydrogen (secondary N) is 1. The molecule has 4 amide bonds. The van der Waals surface area contributed by atoms with Crippen molar-refractivity contribution in [2.45, 2.75) is 38.1 Å². The molecule has 230 valence electrons. The van der Waals surface area contributed by atoms with Crippen molar-refractivity contribution in [1.82, 2.24) is 20.0 Å². The number of nitrogens with zero attached hydrogens (tertiary/aromatic N) is 3. The third-order valence-corrected chi connectivity index (χ3v) is 8.85. The van der Waals surface area contributed by atoms with Gasteiger partial charge in [-0.25, -0.2) is 14.5 Å².